The Morgan fingerprint density at radius 2 is 1.66 bits per heavy atom. The van der Waals surface area contributed by atoms with Gasteiger partial charge in [-0.15, -0.1) is 10.2 Å². The molecule has 9 nitrogen and oxygen atoms in total. The first kappa shape index (κ1) is 20.0. The molecule has 1 aromatic heterocycles. The Labute approximate surface area is 170 Å². The quantitative estimate of drug-likeness (QED) is 0.716. The number of aromatic nitrogens is 2. The Morgan fingerprint density at radius 1 is 1.00 bits per heavy atom. The van der Waals surface area contributed by atoms with Gasteiger partial charge in [-0.1, -0.05) is 0 Å². The molecule has 2 aliphatic heterocycles. The molecule has 0 spiro atoms. The second-order valence-corrected chi connectivity index (χ2v) is 9.36. The Morgan fingerprint density at radius 3 is 2.24 bits per heavy atom. The fourth-order valence-corrected chi connectivity index (χ4v) is 5.25. The van der Waals surface area contributed by atoms with Gasteiger partial charge in [0.1, 0.15) is 0 Å². The highest BCUT2D eigenvalue weighted by Gasteiger charge is 2.28. The van der Waals surface area contributed by atoms with Crippen LogP contribution in [0.2, 0.25) is 0 Å². The molecule has 0 N–H and O–H groups in total. The fourth-order valence-electron chi connectivity index (χ4n) is 3.73. The van der Waals surface area contributed by atoms with Crippen LogP contribution in [0, 0.1) is 6.92 Å². The summed E-state index contributed by atoms with van der Waals surface area (Å²) < 4.78 is 32.1. The van der Waals surface area contributed by atoms with Gasteiger partial charge in [0.15, 0.2) is 0 Å². The van der Waals surface area contributed by atoms with Crippen LogP contribution in [0.5, 0.6) is 0 Å². The van der Waals surface area contributed by atoms with Gasteiger partial charge in [0, 0.05) is 51.8 Å². The van der Waals surface area contributed by atoms with E-state index in [0.29, 0.717) is 63.2 Å². The molecule has 4 rings (SSSR count). The van der Waals surface area contributed by atoms with Crippen LogP contribution in [-0.4, -0.2) is 77.9 Å². The van der Waals surface area contributed by atoms with Gasteiger partial charge in [-0.25, -0.2) is 8.42 Å². The van der Waals surface area contributed by atoms with E-state index in [1.54, 1.807) is 24.0 Å². The summed E-state index contributed by atoms with van der Waals surface area (Å²) in [6.45, 7) is 6.09. The van der Waals surface area contributed by atoms with Gasteiger partial charge in [-0.2, -0.15) is 4.31 Å². The van der Waals surface area contributed by atoms with Gasteiger partial charge in [-0.3, -0.25) is 9.69 Å². The predicted molar refractivity (Wildman–Crippen MR) is 105 cm³/mol. The van der Waals surface area contributed by atoms with Crippen LogP contribution in [0.3, 0.4) is 0 Å². The number of carbonyl (C=O) groups excluding carboxylic acids is 1. The zero-order chi connectivity index (χ0) is 20.4. The summed E-state index contributed by atoms with van der Waals surface area (Å²) in [6, 6.07) is 6.29. The van der Waals surface area contributed by atoms with Crippen molar-refractivity contribution in [1.29, 1.82) is 0 Å². The third-order valence-corrected chi connectivity index (χ3v) is 7.30. The first-order chi connectivity index (χ1) is 13.9. The highest BCUT2D eigenvalue weighted by atomic mass is 32.2. The number of piperazine rings is 1. The zero-order valence-corrected chi connectivity index (χ0v) is 17.3. The molecule has 2 aliphatic rings. The van der Waals surface area contributed by atoms with E-state index in [-0.39, 0.29) is 10.8 Å². The number of sulfonamides is 1. The largest absolute Gasteiger partial charge is 0.424 e. The molecule has 3 heterocycles. The van der Waals surface area contributed by atoms with Crippen LogP contribution in [0.15, 0.2) is 33.6 Å². The molecule has 0 saturated carbocycles. The maximum Gasteiger partial charge on any atom is 0.253 e. The number of rotatable bonds is 5. The van der Waals surface area contributed by atoms with Crippen molar-refractivity contribution >= 4 is 15.9 Å². The maximum atomic E-state index is 12.8. The van der Waals surface area contributed by atoms with Crippen LogP contribution in [0.4, 0.5) is 0 Å². The molecule has 0 atom stereocenters. The third kappa shape index (κ3) is 4.34. The van der Waals surface area contributed by atoms with Crippen molar-refractivity contribution in [3.63, 3.8) is 0 Å². The summed E-state index contributed by atoms with van der Waals surface area (Å²) in [5.41, 5.74) is 0.506. The minimum Gasteiger partial charge on any atom is -0.424 e. The van der Waals surface area contributed by atoms with Crippen LogP contribution < -0.4 is 0 Å². The molecule has 2 aromatic rings. The van der Waals surface area contributed by atoms with Gasteiger partial charge in [0.2, 0.25) is 21.8 Å². The third-order valence-electron chi connectivity index (χ3n) is 5.39. The number of hydrogen-bond donors (Lipinski definition) is 0. The summed E-state index contributed by atoms with van der Waals surface area (Å²) in [7, 11) is -3.46. The van der Waals surface area contributed by atoms with Crippen molar-refractivity contribution in [2.45, 2.75) is 31.2 Å². The normalized spacial score (nSPS) is 19.0. The summed E-state index contributed by atoms with van der Waals surface area (Å²) in [5.74, 6) is 1.05. The van der Waals surface area contributed by atoms with E-state index in [9.17, 15) is 13.2 Å². The highest BCUT2D eigenvalue weighted by Crippen LogP contribution is 2.21. The van der Waals surface area contributed by atoms with Gasteiger partial charge in [0.05, 0.1) is 11.4 Å². The first-order valence-electron chi connectivity index (χ1n) is 9.84. The Balaban J connectivity index is 1.35. The number of amides is 1. The van der Waals surface area contributed by atoms with Crippen molar-refractivity contribution in [3.8, 4) is 0 Å². The Kier molecular flexibility index (Phi) is 5.66. The molecular weight excluding hydrogens is 394 g/mol. The average Bonchev–Trinajstić information content (AvgIpc) is 3.41. The van der Waals surface area contributed by atoms with E-state index in [0.717, 1.165) is 12.8 Å². The average molecular weight is 420 g/mol. The summed E-state index contributed by atoms with van der Waals surface area (Å²) in [4.78, 5) is 17.0. The molecule has 2 saturated heterocycles. The topological polar surface area (TPSA) is 99.8 Å². The second-order valence-electron chi connectivity index (χ2n) is 7.42. The standard InChI is InChI=1S/C19H25N5O4S/c1-15-20-21-18(28-15)14-22-10-12-23(13-11-22)19(25)16-4-6-17(7-5-16)29(26,27)24-8-2-3-9-24/h4-7H,2-3,8-14H2,1H3. The number of hydrogen-bond acceptors (Lipinski definition) is 7. The fraction of sp³-hybridized carbons (Fsp3) is 0.526. The van der Waals surface area contributed by atoms with Crippen molar-refractivity contribution < 1.29 is 17.6 Å². The van der Waals surface area contributed by atoms with E-state index < -0.39 is 10.0 Å². The van der Waals surface area contributed by atoms with E-state index in [1.807, 2.05) is 0 Å². The molecule has 1 amide bonds. The minimum absolute atomic E-state index is 0.0802. The molecule has 2 fully saturated rings. The Bertz CT molecular complexity index is 959. The molecule has 0 unspecified atom stereocenters. The van der Waals surface area contributed by atoms with Gasteiger partial charge < -0.3 is 9.32 Å². The van der Waals surface area contributed by atoms with E-state index in [2.05, 4.69) is 15.1 Å². The number of carbonyl (C=O) groups is 1. The van der Waals surface area contributed by atoms with Crippen LogP contribution in [0.1, 0.15) is 35.0 Å². The molecule has 1 aromatic carbocycles. The zero-order valence-electron chi connectivity index (χ0n) is 16.5. The van der Waals surface area contributed by atoms with Crippen molar-refractivity contribution in [3.05, 3.63) is 41.6 Å². The van der Waals surface area contributed by atoms with Crippen molar-refractivity contribution in [2.24, 2.45) is 0 Å². The van der Waals surface area contributed by atoms with Crippen LogP contribution in [-0.2, 0) is 16.6 Å². The summed E-state index contributed by atoms with van der Waals surface area (Å²) in [6.07, 6.45) is 1.79. The lowest BCUT2D eigenvalue weighted by atomic mass is 10.2. The molecule has 0 aliphatic carbocycles. The van der Waals surface area contributed by atoms with E-state index in [4.69, 9.17) is 4.42 Å². The SMILES string of the molecule is Cc1nnc(CN2CCN(C(=O)c3ccc(S(=O)(=O)N4CCCC4)cc3)CC2)o1. The van der Waals surface area contributed by atoms with E-state index in [1.165, 1.54) is 16.4 Å². The maximum absolute atomic E-state index is 12.8. The first-order valence-corrected chi connectivity index (χ1v) is 11.3. The lowest BCUT2D eigenvalue weighted by Crippen LogP contribution is -2.48. The molecule has 10 heteroatoms. The molecule has 156 valence electrons. The molecule has 0 bridgehead atoms. The van der Waals surface area contributed by atoms with Crippen LogP contribution in [0.25, 0.3) is 0 Å². The molecule has 29 heavy (non-hydrogen) atoms. The van der Waals surface area contributed by atoms with Gasteiger partial charge >= 0.3 is 0 Å². The van der Waals surface area contributed by atoms with Crippen LogP contribution >= 0.6 is 0 Å². The lowest BCUT2D eigenvalue weighted by Gasteiger charge is -2.34. The number of aryl methyl sites for hydroxylation is 1. The van der Waals surface area contributed by atoms with Crippen molar-refractivity contribution in [2.75, 3.05) is 39.3 Å². The minimum atomic E-state index is -3.46. The molecule has 0 radical (unpaired) electrons. The highest BCUT2D eigenvalue weighted by molar-refractivity contribution is 7.89. The summed E-state index contributed by atoms with van der Waals surface area (Å²) >= 11 is 0. The van der Waals surface area contributed by atoms with E-state index >= 15 is 0 Å². The summed E-state index contributed by atoms with van der Waals surface area (Å²) in [5, 5.41) is 7.84. The van der Waals surface area contributed by atoms with Gasteiger partial charge in [0.25, 0.3) is 5.91 Å². The lowest BCUT2D eigenvalue weighted by molar-refractivity contribution is 0.0617. The van der Waals surface area contributed by atoms with Gasteiger partial charge in [-0.05, 0) is 37.1 Å². The smallest absolute Gasteiger partial charge is 0.253 e. The second kappa shape index (κ2) is 8.21. The number of nitrogens with zero attached hydrogens (tertiary/aromatic N) is 5. The van der Waals surface area contributed by atoms with Crippen molar-refractivity contribution in [1.82, 2.24) is 24.3 Å². The monoisotopic (exact) mass is 419 g/mol. The number of benzene rings is 1. The molecular formula is C19H25N5O4S. The Hall–Kier alpha value is -2.30. The predicted octanol–water partition coefficient (Wildman–Crippen LogP) is 1.12.